The number of rotatable bonds is 5. The smallest absolute Gasteiger partial charge is 0.291 e. The Kier molecular flexibility index (Phi) is 4.70. The number of methoxy groups -OCH3 is 1. The van der Waals surface area contributed by atoms with Crippen molar-refractivity contribution < 1.29 is 18.7 Å². The fourth-order valence-corrected chi connectivity index (χ4v) is 2.48. The van der Waals surface area contributed by atoms with E-state index in [2.05, 4.69) is 10.6 Å². The van der Waals surface area contributed by atoms with E-state index in [1.54, 1.807) is 50.6 Å². The molecule has 3 aromatic rings. The maximum atomic E-state index is 12.4. The summed E-state index contributed by atoms with van der Waals surface area (Å²) in [5, 5.41) is 6.15. The average Bonchev–Trinajstić information content (AvgIpc) is 3.07. The van der Waals surface area contributed by atoms with Gasteiger partial charge in [0.05, 0.1) is 13.5 Å². The summed E-state index contributed by atoms with van der Waals surface area (Å²) < 4.78 is 10.9. The first-order chi connectivity index (χ1) is 12.1. The van der Waals surface area contributed by atoms with Crippen molar-refractivity contribution in [3.8, 4) is 5.75 Å². The highest BCUT2D eigenvalue weighted by Gasteiger charge is 2.15. The second kappa shape index (κ2) is 7.09. The van der Waals surface area contributed by atoms with Crippen molar-refractivity contribution in [1.29, 1.82) is 0 Å². The molecule has 0 spiro atoms. The molecular formula is C19H18N2O4. The summed E-state index contributed by atoms with van der Waals surface area (Å²) in [7, 11) is 3.15. The van der Waals surface area contributed by atoms with Gasteiger partial charge in [0.1, 0.15) is 0 Å². The predicted molar refractivity (Wildman–Crippen MR) is 94.9 cm³/mol. The van der Waals surface area contributed by atoms with E-state index in [1.807, 2.05) is 12.1 Å². The van der Waals surface area contributed by atoms with Crippen LogP contribution in [0, 0.1) is 0 Å². The number of anilines is 1. The summed E-state index contributed by atoms with van der Waals surface area (Å²) in [5.41, 5.74) is 2.03. The quantitative estimate of drug-likeness (QED) is 0.749. The van der Waals surface area contributed by atoms with Crippen LogP contribution in [0.5, 0.6) is 5.75 Å². The van der Waals surface area contributed by atoms with Crippen molar-refractivity contribution in [2.24, 2.45) is 0 Å². The molecule has 0 saturated heterocycles. The first-order valence-corrected chi connectivity index (χ1v) is 7.78. The van der Waals surface area contributed by atoms with E-state index >= 15 is 0 Å². The summed E-state index contributed by atoms with van der Waals surface area (Å²) in [4.78, 5) is 23.7. The lowest BCUT2D eigenvalue weighted by atomic mass is 10.1. The van der Waals surface area contributed by atoms with E-state index in [4.69, 9.17) is 9.15 Å². The van der Waals surface area contributed by atoms with Crippen LogP contribution in [0.3, 0.4) is 0 Å². The van der Waals surface area contributed by atoms with E-state index in [0.29, 0.717) is 23.4 Å². The van der Waals surface area contributed by atoms with Gasteiger partial charge < -0.3 is 19.8 Å². The number of hydrogen-bond donors (Lipinski definition) is 2. The molecule has 0 radical (unpaired) electrons. The molecule has 0 aliphatic heterocycles. The molecule has 0 saturated carbocycles. The number of carbonyl (C=O) groups is 2. The monoisotopic (exact) mass is 338 g/mol. The zero-order valence-electron chi connectivity index (χ0n) is 14.0. The number of para-hydroxylation sites is 1. The molecule has 1 aromatic heterocycles. The van der Waals surface area contributed by atoms with E-state index < -0.39 is 0 Å². The molecule has 0 bridgehead atoms. The SMILES string of the molecule is CNC(=O)Cc1ccc(NC(=O)c2cc3cccc(OC)c3o2)cc1. The van der Waals surface area contributed by atoms with Crippen LogP contribution in [0.1, 0.15) is 16.1 Å². The van der Waals surface area contributed by atoms with Gasteiger partial charge in [0.15, 0.2) is 17.1 Å². The van der Waals surface area contributed by atoms with E-state index in [-0.39, 0.29) is 17.6 Å². The number of amides is 2. The predicted octanol–water partition coefficient (Wildman–Crippen LogP) is 2.98. The largest absolute Gasteiger partial charge is 0.493 e. The first kappa shape index (κ1) is 16.6. The fourth-order valence-electron chi connectivity index (χ4n) is 2.48. The molecule has 2 N–H and O–H groups in total. The van der Waals surface area contributed by atoms with Gasteiger partial charge in [-0.15, -0.1) is 0 Å². The topological polar surface area (TPSA) is 80.6 Å². The third kappa shape index (κ3) is 3.63. The number of fused-ring (bicyclic) bond motifs is 1. The van der Waals surface area contributed by atoms with Gasteiger partial charge in [0, 0.05) is 18.1 Å². The highest BCUT2D eigenvalue weighted by Crippen LogP contribution is 2.28. The highest BCUT2D eigenvalue weighted by molar-refractivity contribution is 6.05. The van der Waals surface area contributed by atoms with E-state index in [1.165, 1.54) is 0 Å². The van der Waals surface area contributed by atoms with Gasteiger partial charge in [0.2, 0.25) is 5.91 Å². The van der Waals surface area contributed by atoms with Crippen molar-refractivity contribution in [2.75, 3.05) is 19.5 Å². The minimum Gasteiger partial charge on any atom is -0.493 e. The summed E-state index contributed by atoms with van der Waals surface area (Å²) in [5.74, 6) is 0.370. The van der Waals surface area contributed by atoms with Gasteiger partial charge in [-0.05, 0) is 29.8 Å². The molecule has 6 nitrogen and oxygen atoms in total. The molecule has 3 rings (SSSR count). The van der Waals surface area contributed by atoms with Crippen LogP contribution >= 0.6 is 0 Å². The highest BCUT2D eigenvalue weighted by atomic mass is 16.5. The van der Waals surface area contributed by atoms with Crippen LogP contribution < -0.4 is 15.4 Å². The Morgan fingerprint density at radius 3 is 2.56 bits per heavy atom. The third-order valence-electron chi connectivity index (χ3n) is 3.81. The van der Waals surface area contributed by atoms with Crippen molar-refractivity contribution >= 4 is 28.5 Å². The Balaban J connectivity index is 1.75. The molecule has 2 amide bonds. The summed E-state index contributed by atoms with van der Waals surface area (Å²) in [6.07, 6.45) is 0.300. The van der Waals surface area contributed by atoms with Gasteiger partial charge >= 0.3 is 0 Å². The number of ether oxygens (including phenoxy) is 1. The Hall–Kier alpha value is -3.28. The van der Waals surface area contributed by atoms with Crippen molar-refractivity contribution in [3.05, 3.63) is 59.9 Å². The van der Waals surface area contributed by atoms with Crippen LogP contribution in [0.4, 0.5) is 5.69 Å². The number of benzene rings is 2. The number of nitrogens with one attached hydrogen (secondary N) is 2. The maximum absolute atomic E-state index is 12.4. The van der Waals surface area contributed by atoms with E-state index in [9.17, 15) is 9.59 Å². The molecule has 2 aromatic carbocycles. The Labute approximate surface area is 144 Å². The second-order valence-electron chi connectivity index (χ2n) is 5.49. The molecule has 0 aliphatic rings. The summed E-state index contributed by atoms with van der Waals surface area (Å²) >= 11 is 0. The zero-order chi connectivity index (χ0) is 17.8. The number of likely N-dealkylation sites (N-methyl/N-ethyl adjacent to an activating group) is 1. The lowest BCUT2D eigenvalue weighted by Gasteiger charge is -2.05. The van der Waals surface area contributed by atoms with Gasteiger partial charge in [-0.2, -0.15) is 0 Å². The number of carbonyl (C=O) groups excluding carboxylic acids is 2. The van der Waals surface area contributed by atoms with Crippen molar-refractivity contribution in [1.82, 2.24) is 5.32 Å². The molecule has 0 fully saturated rings. The second-order valence-corrected chi connectivity index (χ2v) is 5.49. The molecule has 6 heteroatoms. The number of hydrogen-bond acceptors (Lipinski definition) is 4. The Morgan fingerprint density at radius 1 is 1.12 bits per heavy atom. The van der Waals surface area contributed by atoms with Crippen LogP contribution in [0.25, 0.3) is 11.0 Å². The molecular weight excluding hydrogens is 320 g/mol. The van der Waals surface area contributed by atoms with Crippen LogP contribution in [0.15, 0.2) is 52.9 Å². The van der Waals surface area contributed by atoms with Gasteiger partial charge in [-0.1, -0.05) is 24.3 Å². The minimum atomic E-state index is -0.350. The fraction of sp³-hybridized carbons (Fsp3) is 0.158. The Bertz CT molecular complexity index is 913. The molecule has 0 unspecified atom stereocenters. The van der Waals surface area contributed by atoms with Crippen LogP contribution in [-0.4, -0.2) is 26.0 Å². The van der Waals surface area contributed by atoms with Gasteiger partial charge in [-0.3, -0.25) is 9.59 Å². The zero-order valence-corrected chi connectivity index (χ0v) is 14.0. The average molecular weight is 338 g/mol. The molecule has 0 aliphatic carbocycles. The van der Waals surface area contributed by atoms with E-state index in [0.717, 1.165) is 10.9 Å². The molecule has 0 atom stereocenters. The van der Waals surface area contributed by atoms with Crippen LogP contribution in [0.2, 0.25) is 0 Å². The lowest BCUT2D eigenvalue weighted by Crippen LogP contribution is -2.19. The third-order valence-corrected chi connectivity index (χ3v) is 3.81. The molecule has 25 heavy (non-hydrogen) atoms. The number of furan rings is 1. The molecule has 128 valence electrons. The Morgan fingerprint density at radius 2 is 1.88 bits per heavy atom. The molecule has 1 heterocycles. The van der Waals surface area contributed by atoms with Gasteiger partial charge in [-0.25, -0.2) is 0 Å². The standard InChI is InChI=1S/C19H18N2O4/c1-20-17(22)10-12-6-8-14(9-7-12)21-19(23)16-11-13-4-3-5-15(24-2)18(13)25-16/h3-9,11H,10H2,1-2H3,(H,20,22)(H,21,23). The normalized spacial score (nSPS) is 10.5. The maximum Gasteiger partial charge on any atom is 0.291 e. The van der Waals surface area contributed by atoms with Crippen molar-refractivity contribution in [3.63, 3.8) is 0 Å². The summed E-state index contributed by atoms with van der Waals surface area (Å²) in [6.45, 7) is 0. The lowest BCUT2D eigenvalue weighted by molar-refractivity contribution is -0.119. The minimum absolute atomic E-state index is 0.0620. The van der Waals surface area contributed by atoms with Gasteiger partial charge in [0.25, 0.3) is 5.91 Å². The first-order valence-electron chi connectivity index (χ1n) is 7.78. The van der Waals surface area contributed by atoms with Crippen molar-refractivity contribution in [2.45, 2.75) is 6.42 Å². The summed E-state index contributed by atoms with van der Waals surface area (Å²) in [6, 6.07) is 14.2. The van der Waals surface area contributed by atoms with Crippen LogP contribution in [-0.2, 0) is 11.2 Å².